The number of amides is 1. The third-order valence-electron chi connectivity index (χ3n) is 3.53. The number of nitrogens with one attached hydrogen (secondary N) is 1. The Morgan fingerprint density at radius 2 is 2.25 bits per heavy atom. The molecule has 1 aromatic carbocycles. The highest BCUT2D eigenvalue weighted by Gasteiger charge is 2.32. The van der Waals surface area contributed by atoms with Gasteiger partial charge in [-0.1, -0.05) is 30.3 Å². The second-order valence-corrected chi connectivity index (χ2v) is 4.87. The van der Waals surface area contributed by atoms with Crippen LogP contribution < -0.4 is 0 Å². The Morgan fingerprint density at radius 1 is 1.40 bits per heavy atom. The van der Waals surface area contributed by atoms with Gasteiger partial charge in [0.2, 0.25) is 0 Å². The number of aromatic nitrogens is 2. The third-order valence-corrected chi connectivity index (χ3v) is 3.53. The lowest BCUT2D eigenvalue weighted by Crippen LogP contribution is -2.31. The van der Waals surface area contributed by atoms with Gasteiger partial charge in [-0.15, -0.1) is 0 Å². The predicted molar refractivity (Wildman–Crippen MR) is 73.9 cm³/mol. The number of aromatic amines is 1. The zero-order valence-electron chi connectivity index (χ0n) is 11.2. The van der Waals surface area contributed by atoms with E-state index in [1.807, 2.05) is 30.3 Å². The second-order valence-electron chi connectivity index (χ2n) is 4.87. The number of imidazole rings is 1. The lowest BCUT2D eigenvalue weighted by atomic mass is 10.2. The van der Waals surface area contributed by atoms with Gasteiger partial charge in [-0.05, 0) is 18.4 Å². The summed E-state index contributed by atoms with van der Waals surface area (Å²) in [5.74, 6) is 0.833. The third kappa shape index (κ3) is 2.66. The molecule has 1 atom stereocenters. The second kappa shape index (κ2) is 5.77. The van der Waals surface area contributed by atoms with Gasteiger partial charge in [-0.25, -0.2) is 9.78 Å². The van der Waals surface area contributed by atoms with Crippen LogP contribution in [0.5, 0.6) is 0 Å². The van der Waals surface area contributed by atoms with Crippen LogP contribution in [0.1, 0.15) is 30.3 Å². The first kappa shape index (κ1) is 12.7. The summed E-state index contributed by atoms with van der Waals surface area (Å²) in [4.78, 5) is 21.3. The number of H-pyrrole nitrogens is 1. The molecule has 5 heteroatoms. The van der Waals surface area contributed by atoms with Crippen LogP contribution in [0.15, 0.2) is 42.7 Å². The molecule has 0 saturated carbocycles. The summed E-state index contributed by atoms with van der Waals surface area (Å²) >= 11 is 0. The van der Waals surface area contributed by atoms with Crippen LogP contribution >= 0.6 is 0 Å². The number of rotatable bonds is 3. The van der Waals surface area contributed by atoms with E-state index >= 15 is 0 Å². The van der Waals surface area contributed by atoms with Crippen LogP contribution in [0.3, 0.4) is 0 Å². The van der Waals surface area contributed by atoms with Gasteiger partial charge in [0.15, 0.2) is 0 Å². The van der Waals surface area contributed by atoms with Gasteiger partial charge in [-0.2, -0.15) is 0 Å². The zero-order valence-corrected chi connectivity index (χ0v) is 11.2. The van der Waals surface area contributed by atoms with Crippen LogP contribution in [0.25, 0.3) is 0 Å². The Balaban J connectivity index is 1.62. The lowest BCUT2D eigenvalue weighted by Gasteiger charge is -2.22. The summed E-state index contributed by atoms with van der Waals surface area (Å²) in [5, 5.41) is 0. The molecule has 3 rings (SSSR count). The van der Waals surface area contributed by atoms with Crippen molar-refractivity contribution < 1.29 is 9.53 Å². The van der Waals surface area contributed by atoms with E-state index in [0.29, 0.717) is 6.61 Å². The Bertz CT molecular complexity index is 554. The van der Waals surface area contributed by atoms with Gasteiger partial charge in [-0.3, -0.25) is 4.90 Å². The van der Waals surface area contributed by atoms with Gasteiger partial charge < -0.3 is 9.72 Å². The number of carbonyl (C=O) groups excluding carboxylic acids is 1. The molecule has 20 heavy (non-hydrogen) atoms. The molecule has 104 valence electrons. The van der Waals surface area contributed by atoms with Crippen molar-refractivity contribution in [3.05, 3.63) is 54.1 Å². The van der Waals surface area contributed by atoms with Crippen molar-refractivity contribution in [2.24, 2.45) is 0 Å². The van der Waals surface area contributed by atoms with E-state index in [-0.39, 0.29) is 12.1 Å². The molecule has 1 saturated heterocycles. The van der Waals surface area contributed by atoms with Crippen LogP contribution in [0.4, 0.5) is 4.79 Å². The molecule has 0 bridgehead atoms. The van der Waals surface area contributed by atoms with E-state index in [4.69, 9.17) is 4.74 Å². The van der Waals surface area contributed by atoms with Crippen molar-refractivity contribution >= 4 is 6.09 Å². The highest BCUT2D eigenvalue weighted by atomic mass is 16.6. The van der Waals surface area contributed by atoms with Crippen molar-refractivity contribution in [3.63, 3.8) is 0 Å². The molecule has 2 heterocycles. The fraction of sp³-hybridized carbons (Fsp3) is 0.333. The van der Waals surface area contributed by atoms with Crippen molar-refractivity contribution in [1.29, 1.82) is 0 Å². The fourth-order valence-electron chi connectivity index (χ4n) is 2.53. The molecule has 1 aliphatic rings. The quantitative estimate of drug-likeness (QED) is 0.933. The SMILES string of the molecule is O=C(OCc1ccccc1)N1CCCC1c1ncc[nH]1. The minimum absolute atomic E-state index is 0.00766. The van der Waals surface area contributed by atoms with Crippen molar-refractivity contribution in [2.45, 2.75) is 25.5 Å². The summed E-state index contributed by atoms with van der Waals surface area (Å²) in [6.45, 7) is 1.03. The molecule has 1 fully saturated rings. The van der Waals surface area contributed by atoms with E-state index in [1.165, 1.54) is 0 Å². The molecular weight excluding hydrogens is 254 g/mol. The number of ether oxygens (including phenoxy) is 1. The average Bonchev–Trinajstić information content (AvgIpc) is 3.15. The van der Waals surface area contributed by atoms with Gasteiger partial charge in [0.25, 0.3) is 0 Å². The maximum absolute atomic E-state index is 12.2. The molecule has 5 nitrogen and oxygen atoms in total. The molecule has 1 unspecified atom stereocenters. The molecule has 1 N–H and O–H groups in total. The van der Waals surface area contributed by atoms with Crippen molar-refractivity contribution in [2.75, 3.05) is 6.54 Å². The highest BCUT2D eigenvalue weighted by Crippen LogP contribution is 2.30. The predicted octanol–water partition coefficient (Wildman–Crippen LogP) is 2.88. The fourth-order valence-corrected chi connectivity index (χ4v) is 2.53. The number of nitrogens with zero attached hydrogens (tertiary/aromatic N) is 2. The summed E-state index contributed by atoms with van der Waals surface area (Å²) in [7, 11) is 0. The number of hydrogen-bond acceptors (Lipinski definition) is 3. The Labute approximate surface area is 117 Å². The lowest BCUT2D eigenvalue weighted by molar-refractivity contribution is 0.0910. The normalized spacial score (nSPS) is 18.2. The summed E-state index contributed by atoms with van der Waals surface area (Å²) in [5.41, 5.74) is 0.995. The first-order chi connectivity index (χ1) is 9.84. The monoisotopic (exact) mass is 271 g/mol. The van der Waals surface area contributed by atoms with E-state index in [0.717, 1.165) is 30.8 Å². The minimum atomic E-state index is -0.271. The van der Waals surface area contributed by atoms with E-state index < -0.39 is 0 Å². The van der Waals surface area contributed by atoms with Gasteiger partial charge in [0, 0.05) is 18.9 Å². The molecule has 1 aromatic heterocycles. The molecule has 1 amide bonds. The maximum Gasteiger partial charge on any atom is 0.410 e. The largest absolute Gasteiger partial charge is 0.445 e. The highest BCUT2D eigenvalue weighted by molar-refractivity contribution is 5.68. The molecule has 0 spiro atoms. The summed E-state index contributed by atoms with van der Waals surface area (Å²) < 4.78 is 5.39. The smallest absolute Gasteiger partial charge is 0.410 e. The number of likely N-dealkylation sites (tertiary alicyclic amines) is 1. The van der Waals surface area contributed by atoms with E-state index in [2.05, 4.69) is 9.97 Å². The first-order valence-electron chi connectivity index (χ1n) is 6.81. The summed E-state index contributed by atoms with van der Waals surface area (Å²) in [6.07, 6.45) is 5.12. The first-order valence-corrected chi connectivity index (χ1v) is 6.81. The Hall–Kier alpha value is -2.30. The number of benzene rings is 1. The van der Waals surface area contributed by atoms with E-state index in [1.54, 1.807) is 17.3 Å². The van der Waals surface area contributed by atoms with Gasteiger partial charge in [0.1, 0.15) is 12.4 Å². The van der Waals surface area contributed by atoms with E-state index in [9.17, 15) is 4.79 Å². The minimum Gasteiger partial charge on any atom is -0.445 e. The topological polar surface area (TPSA) is 58.2 Å². The Morgan fingerprint density at radius 3 is 3.00 bits per heavy atom. The average molecular weight is 271 g/mol. The maximum atomic E-state index is 12.2. The number of hydrogen-bond donors (Lipinski definition) is 1. The van der Waals surface area contributed by atoms with Crippen LogP contribution in [-0.4, -0.2) is 27.5 Å². The van der Waals surface area contributed by atoms with Crippen LogP contribution in [-0.2, 0) is 11.3 Å². The molecule has 1 aliphatic heterocycles. The Kier molecular flexibility index (Phi) is 3.67. The van der Waals surface area contributed by atoms with Crippen LogP contribution in [0, 0.1) is 0 Å². The molecular formula is C15H17N3O2. The van der Waals surface area contributed by atoms with Crippen molar-refractivity contribution in [3.8, 4) is 0 Å². The molecule has 0 radical (unpaired) electrons. The summed E-state index contributed by atoms with van der Waals surface area (Å²) in [6, 6.07) is 9.71. The zero-order chi connectivity index (χ0) is 13.8. The van der Waals surface area contributed by atoms with Crippen molar-refractivity contribution in [1.82, 2.24) is 14.9 Å². The van der Waals surface area contributed by atoms with Gasteiger partial charge in [0.05, 0.1) is 6.04 Å². The van der Waals surface area contributed by atoms with Crippen LogP contribution in [0.2, 0.25) is 0 Å². The molecule has 0 aliphatic carbocycles. The standard InChI is InChI=1S/C15H17N3O2/c19-15(20-11-12-5-2-1-3-6-12)18-10-4-7-13(18)14-16-8-9-17-14/h1-3,5-6,8-9,13H,4,7,10-11H2,(H,16,17). The van der Waals surface area contributed by atoms with Gasteiger partial charge >= 0.3 is 6.09 Å². The number of carbonyl (C=O) groups is 1. The molecule has 2 aromatic rings.